The highest BCUT2D eigenvalue weighted by Gasteiger charge is 1.99. The topological polar surface area (TPSA) is 0 Å². The van der Waals surface area contributed by atoms with Crippen molar-refractivity contribution in [2.24, 2.45) is 0 Å². The van der Waals surface area contributed by atoms with Gasteiger partial charge in [0, 0.05) is 9.79 Å². The predicted octanol–water partition coefficient (Wildman–Crippen LogP) is 4.69. The maximum Gasteiger partial charge on any atom is 0.0255 e. The van der Waals surface area contributed by atoms with Crippen molar-refractivity contribution in [2.75, 3.05) is 0 Å². The van der Waals surface area contributed by atoms with Crippen LogP contribution in [0.25, 0.3) is 0 Å². The van der Waals surface area contributed by atoms with Gasteiger partial charge in [-0.1, -0.05) is 47.8 Å². The highest BCUT2D eigenvalue weighted by molar-refractivity contribution is 8.05. The Bertz CT molecular complexity index is 318. The molecule has 2 rings (SSSR count). The molecule has 0 N–H and O–H groups in total. The smallest absolute Gasteiger partial charge is 0.0255 e. The van der Waals surface area contributed by atoms with E-state index in [2.05, 4.69) is 47.2 Å². The molecule has 2 heteroatoms. The van der Waals surface area contributed by atoms with Crippen LogP contribution in [0.1, 0.15) is 12.8 Å². The molecule has 0 unspecified atom stereocenters. The van der Waals surface area contributed by atoms with E-state index in [-0.39, 0.29) is 0 Å². The van der Waals surface area contributed by atoms with Crippen LogP contribution in [0.4, 0.5) is 0 Å². The fourth-order valence-electron chi connectivity index (χ4n) is 1.22. The summed E-state index contributed by atoms with van der Waals surface area (Å²) in [6, 6.07) is 8.53. The van der Waals surface area contributed by atoms with Crippen LogP contribution in [0.3, 0.4) is 0 Å². The van der Waals surface area contributed by atoms with Crippen LogP contribution < -0.4 is 0 Å². The Morgan fingerprint density at radius 1 is 0.786 bits per heavy atom. The average molecular weight is 220 g/mol. The van der Waals surface area contributed by atoms with Crippen LogP contribution >= 0.6 is 23.5 Å². The van der Waals surface area contributed by atoms with Gasteiger partial charge < -0.3 is 0 Å². The molecule has 0 saturated heterocycles. The van der Waals surface area contributed by atoms with Gasteiger partial charge in [-0.25, -0.2) is 0 Å². The summed E-state index contributed by atoms with van der Waals surface area (Å²) < 4.78 is 0. The molecule has 0 bridgehead atoms. The molecule has 1 aliphatic rings. The first-order valence-corrected chi connectivity index (χ1v) is 6.45. The van der Waals surface area contributed by atoms with E-state index in [1.165, 1.54) is 9.79 Å². The number of fused-ring (bicyclic) bond motifs is 1. The number of hydrogen-bond acceptors (Lipinski definition) is 2. The molecular formula is C12H12S2. The number of benzene rings is 1. The van der Waals surface area contributed by atoms with Gasteiger partial charge in [0.15, 0.2) is 0 Å². The van der Waals surface area contributed by atoms with E-state index >= 15 is 0 Å². The zero-order valence-electron chi connectivity index (χ0n) is 7.85. The molecule has 1 aromatic rings. The van der Waals surface area contributed by atoms with Gasteiger partial charge in [0.25, 0.3) is 0 Å². The maximum atomic E-state index is 2.24. The average Bonchev–Trinajstić information content (AvgIpc) is 2.25. The third-order valence-corrected chi connectivity index (χ3v) is 3.94. The van der Waals surface area contributed by atoms with Crippen molar-refractivity contribution >= 4 is 23.5 Å². The number of allylic oxidation sites excluding steroid dienone is 2. The van der Waals surface area contributed by atoms with Gasteiger partial charge in [0.05, 0.1) is 0 Å². The van der Waals surface area contributed by atoms with Crippen molar-refractivity contribution in [1.29, 1.82) is 0 Å². The van der Waals surface area contributed by atoms with Gasteiger partial charge >= 0.3 is 0 Å². The molecular weight excluding hydrogens is 208 g/mol. The summed E-state index contributed by atoms with van der Waals surface area (Å²) in [4.78, 5) is 2.70. The van der Waals surface area contributed by atoms with Crippen molar-refractivity contribution < 1.29 is 0 Å². The van der Waals surface area contributed by atoms with E-state index in [0.717, 1.165) is 12.8 Å². The summed E-state index contributed by atoms with van der Waals surface area (Å²) in [6.07, 6.45) is 6.77. The highest BCUT2D eigenvalue weighted by atomic mass is 32.2. The number of rotatable bonds is 0. The lowest BCUT2D eigenvalue weighted by Crippen LogP contribution is -1.75. The minimum atomic E-state index is 1.15. The predicted molar refractivity (Wildman–Crippen MR) is 65.7 cm³/mol. The van der Waals surface area contributed by atoms with E-state index in [1.54, 1.807) is 0 Å². The largest absolute Gasteiger partial charge is 0.0972 e. The molecule has 0 atom stereocenters. The fourth-order valence-corrected chi connectivity index (χ4v) is 2.95. The van der Waals surface area contributed by atoms with Crippen LogP contribution in [0.15, 0.2) is 57.0 Å². The van der Waals surface area contributed by atoms with E-state index in [1.807, 2.05) is 23.5 Å². The quantitative estimate of drug-likeness (QED) is 0.622. The SMILES string of the molecule is C1=CSc2ccccc2S/C=C/CC1. The molecule has 0 aromatic heterocycles. The molecule has 72 valence electrons. The van der Waals surface area contributed by atoms with Gasteiger partial charge in [0.1, 0.15) is 0 Å². The van der Waals surface area contributed by atoms with Gasteiger partial charge in [0.2, 0.25) is 0 Å². The van der Waals surface area contributed by atoms with Crippen molar-refractivity contribution in [3.8, 4) is 0 Å². The molecule has 1 aliphatic heterocycles. The Balaban J connectivity index is 2.27. The Morgan fingerprint density at radius 2 is 1.29 bits per heavy atom. The summed E-state index contributed by atoms with van der Waals surface area (Å²) in [5, 5.41) is 4.39. The van der Waals surface area contributed by atoms with Crippen molar-refractivity contribution in [3.63, 3.8) is 0 Å². The fraction of sp³-hybridized carbons (Fsp3) is 0.167. The zero-order valence-corrected chi connectivity index (χ0v) is 9.48. The lowest BCUT2D eigenvalue weighted by molar-refractivity contribution is 1.06. The molecule has 1 aromatic carbocycles. The van der Waals surface area contributed by atoms with Gasteiger partial charge in [-0.2, -0.15) is 0 Å². The minimum absolute atomic E-state index is 1.15. The molecule has 0 nitrogen and oxygen atoms in total. The maximum absolute atomic E-state index is 2.24. The van der Waals surface area contributed by atoms with Crippen molar-refractivity contribution in [2.45, 2.75) is 22.6 Å². The van der Waals surface area contributed by atoms with E-state index in [0.29, 0.717) is 0 Å². The Hall–Kier alpha value is -0.600. The Morgan fingerprint density at radius 3 is 1.79 bits per heavy atom. The molecule has 0 radical (unpaired) electrons. The lowest BCUT2D eigenvalue weighted by Gasteiger charge is -2.04. The standard InChI is InChI=1S/C12H12S2/c1-2-6-10-14-12-8-4-3-7-11(12)13-9-5-1/h3-10H,1-2H2/b9-5+,10-6?. The second kappa shape index (κ2) is 5.32. The zero-order chi connectivity index (χ0) is 9.64. The highest BCUT2D eigenvalue weighted by Crippen LogP contribution is 2.32. The van der Waals surface area contributed by atoms with Crippen molar-refractivity contribution in [1.82, 2.24) is 0 Å². The monoisotopic (exact) mass is 220 g/mol. The summed E-state index contributed by atoms with van der Waals surface area (Å²) in [5.41, 5.74) is 0. The van der Waals surface area contributed by atoms with Crippen LogP contribution in [0.5, 0.6) is 0 Å². The van der Waals surface area contributed by atoms with E-state index < -0.39 is 0 Å². The summed E-state index contributed by atoms with van der Waals surface area (Å²) in [7, 11) is 0. The first kappa shape index (κ1) is 9.94. The number of hydrogen-bond donors (Lipinski definition) is 0. The van der Waals surface area contributed by atoms with Crippen LogP contribution in [0.2, 0.25) is 0 Å². The first-order valence-electron chi connectivity index (χ1n) is 4.69. The molecule has 0 amide bonds. The summed E-state index contributed by atoms with van der Waals surface area (Å²) in [6.45, 7) is 0. The van der Waals surface area contributed by atoms with Gasteiger partial charge in [-0.05, 0) is 35.8 Å². The van der Waals surface area contributed by atoms with Gasteiger partial charge in [-0.3, -0.25) is 0 Å². The van der Waals surface area contributed by atoms with Crippen LogP contribution in [-0.4, -0.2) is 0 Å². The van der Waals surface area contributed by atoms with E-state index in [9.17, 15) is 0 Å². The molecule has 0 spiro atoms. The first-order chi connectivity index (χ1) is 6.97. The molecule has 0 aliphatic carbocycles. The molecule has 14 heavy (non-hydrogen) atoms. The Kier molecular flexibility index (Phi) is 3.78. The second-order valence-corrected chi connectivity index (χ2v) is 4.90. The molecule has 0 fully saturated rings. The van der Waals surface area contributed by atoms with Crippen LogP contribution in [0, 0.1) is 0 Å². The third kappa shape index (κ3) is 2.69. The second-order valence-electron chi connectivity index (χ2n) is 3.00. The summed E-state index contributed by atoms with van der Waals surface area (Å²) in [5.74, 6) is 0. The minimum Gasteiger partial charge on any atom is -0.0972 e. The molecule has 1 heterocycles. The van der Waals surface area contributed by atoms with Crippen LogP contribution in [-0.2, 0) is 0 Å². The third-order valence-electron chi connectivity index (χ3n) is 1.93. The Labute approximate surface area is 93.5 Å². The molecule has 0 saturated carbocycles. The van der Waals surface area contributed by atoms with Gasteiger partial charge in [-0.15, -0.1) is 0 Å². The van der Waals surface area contributed by atoms with Crippen molar-refractivity contribution in [3.05, 3.63) is 47.2 Å². The number of thioether (sulfide) groups is 2. The summed E-state index contributed by atoms with van der Waals surface area (Å²) >= 11 is 3.62. The lowest BCUT2D eigenvalue weighted by atomic mass is 10.3. The van der Waals surface area contributed by atoms with E-state index in [4.69, 9.17) is 0 Å². The normalized spacial score (nSPS) is 18.6.